The van der Waals surface area contributed by atoms with Gasteiger partial charge in [0.1, 0.15) is 11.4 Å². The van der Waals surface area contributed by atoms with Crippen molar-refractivity contribution in [2.24, 2.45) is 0 Å². The van der Waals surface area contributed by atoms with Crippen molar-refractivity contribution < 1.29 is 19.2 Å². The van der Waals surface area contributed by atoms with Gasteiger partial charge in [-0.05, 0) is 67.5 Å². The molecule has 1 aromatic heterocycles. The van der Waals surface area contributed by atoms with Gasteiger partial charge in [-0.15, -0.1) is 0 Å². The third-order valence-electron chi connectivity index (χ3n) is 4.22. The summed E-state index contributed by atoms with van der Waals surface area (Å²) < 4.78 is 0. The highest BCUT2D eigenvalue weighted by atomic mass is 16.2. The van der Waals surface area contributed by atoms with E-state index in [1.165, 1.54) is 21.9 Å². The van der Waals surface area contributed by atoms with Crippen molar-refractivity contribution in [1.29, 1.82) is 0 Å². The number of rotatable bonds is 8. The molecule has 0 saturated carbocycles. The Morgan fingerprint density at radius 3 is 1.38 bits per heavy atom. The molecule has 0 aliphatic rings. The number of hydrogen-bond donors (Lipinski definition) is 2. The fourth-order valence-corrected chi connectivity index (χ4v) is 2.91. The van der Waals surface area contributed by atoms with E-state index in [0.717, 1.165) is 0 Å². The second-order valence-corrected chi connectivity index (χ2v) is 9.64. The summed E-state index contributed by atoms with van der Waals surface area (Å²) in [7, 11) is 0. The molecule has 0 aliphatic carbocycles. The summed E-state index contributed by atoms with van der Waals surface area (Å²) in [5.74, 6) is -1.44. The van der Waals surface area contributed by atoms with E-state index >= 15 is 0 Å². The summed E-state index contributed by atoms with van der Waals surface area (Å²) in [5, 5.41) is 5.65. The molecular formula is C23H37N5O4. The third kappa shape index (κ3) is 9.03. The molecule has 178 valence electrons. The van der Waals surface area contributed by atoms with Gasteiger partial charge in [0.05, 0.1) is 13.1 Å². The van der Waals surface area contributed by atoms with Crippen LogP contribution < -0.4 is 10.6 Å². The van der Waals surface area contributed by atoms with Crippen molar-refractivity contribution in [3.63, 3.8) is 0 Å². The van der Waals surface area contributed by atoms with Crippen LogP contribution in [0.3, 0.4) is 0 Å². The van der Waals surface area contributed by atoms with Crippen molar-refractivity contribution in [3.05, 3.63) is 29.6 Å². The first-order valence-corrected chi connectivity index (χ1v) is 10.8. The van der Waals surface area contributed by atoms with Crippen LogP contribution in [0.25, 0.3) is 0 Å². The zero-order chi connectivity index (χ0) is 24.7. The van der Waals surface area contributed by atoms with Gasteiger partial charge in [0.25, 0.3) is 11.8 Å². The minimum absolute atomic E-state index is 0.0662. The van der Waals surface area contributed by atoms with Crippen molar-refractivity contribution in [3.8, 4) is 0 Å². The fraction of sp³-hybridized carbons (Fsp3) is 0.609. The van der Waals surface area contributed by atoms with Crippen molar-refractivity contribution in [2.75, 3.05) is 26.2 Å². The van der Waals surface area contributed by atoms with E-state index in [2.05, 4.69) is 15.6 Å². The largest absolute Gasteiger partial charge is 0.350 e. The molecule has 0 aromatic carbocycles. The van der Waals surface area contributed by atoms with E-state index in [9.17, 15) is 19.2 Å². The third-order valence-corrected chi connectivity index (χ3v) is 4.22. The molecule has 0 fully saturated rings. The number of carbonyl (C=O) groups is 4. The molecule has 1 aromatic rings. The molecule has 0 unspecified atom stereocenters. The lowest BCUT2D eigenvalue weighted by atomic mass is 10.1. The van der Waals surface area contributed by atoms with Gasteiger partial charge in [0.15, 0.2) is 0 Å². The van der Waals surface area contributed by atoms with Gasteiger partial charge < -0.3 is 20.4 Å². The maximum atomic E-state index is 12.9. The lowest BCUT2D eigenvalue weighted by Gasteiger charge is -2.25. The first kappa shape index (κ1) is 27.1. The number of likely N-dealkylation sites (N-methyl/N-ethyl adjacent to an activating group) is 2. The molecule has 4 amide bonds. The van der Waals surface area contributed by atoms with Crippen LogP contribution >= 0.6 is 0 Å². The van der Waals surface area contributed by atoms with Gasteiger partial charge in [-0.25, -0.2) is 4.98 Å². The zero-order valence-electron chi connectivity index (χ0n) is 20.5. The Bertz CT molecular complexity index is 774. The van der Waals surface area contributed by atoms with Crippen molar-refractivity contribution in [1.82, 2.24) is 25.4 Å². The van der Waals surface area contributed by atoms with Crippen molar-refractivity contribution in [2.45, 2.75) is 66.5 Å². The summed E-state index contributed by atoms with van der Waals surface area (Å²) >= 11 is 0. The summed E-state index contributed by atoms with van der Waals surface area (Å²) in [5.41, 5.74) is -0.687. The number of pyridine rings is 1. The molecule has 0 radical (unpaired) electrons. The standard InChI is InChI=1S/C23H37N5O4/c1-9-27(14-18(29)25-22(3,4)5)20(31)16-12-11-13-17(24-16)21(32)28(10-2)15-19(30)26-23(6,7)8/h11-13H,9-10,14-15H2,1-8H3,(H,25,29)(H,26,30). The highest BCUT2D eigenvalue weighted by Crippen LogP contribution is 2.08. The number of amides is 4. The van der Waals surface area contributed by atoms with Gasteiger partial charge in [-0.1, -0.05) is 6.07 Å². The summed E-state index contributed by atoms with van der Waals surface area (Å²) in [4.78, 5) is 57.3. The van der Waals surface area contributed by atoms with Crippen LogP contribution in [-0.2, 0) is 9.59 Å². The second-order valence-electron chi connectivity index (χ2n) is 9.64. The van der Waals surface area contributed by atoms with E-state index in [1.54, 1.807) is 19.9 Å². The Balaban J connectivity index is 2.98. The van der Waals surface area contributed by atoms with Crippen LogP contribution in [0.15, 0.2) is 18.2 Å². The van der Waals surface area contributed by atoms with Crippen LogP contribution in [0.5, 0.6) is 0 Å². The Hall–Kier alpha value is -2.97. The highest BCUT2D eigenvalue weighted by molar-refractivity contribution is 5.98. The topological polar surface area (TPSA) is 112 Å². The van der Waals surface area contributed by atoms with Crippen LogP contribution in [0.1, 0.15) is 76.4 Å². The quantitative estimate of drug-likeness (QED) is 0.632. The molecule has 1 heterocycles. The minimum Gasteiger partial charge on any atom is -0.350 e. The van der Waals surface area contributed by atoms with Gasteiger partial charge in [-0.2, -0.15) is 0 Å². The first-order chi connectivity index (χ1) is 14.7. The SMILES string of the molecule is CCN(CC(=O)NC(C)(C)C)C(=O)c1cccc(C(=O)N(CC)CC(=O)NC(C)(C)C)n1. The summed E-state index contributed by atoms with van der Waals surface area (Å²) in [6, 6.07) is 4.58. The lowest BCUT2D eigenvalue weighted by Crippen LogP contribution is -2.47. The zero-order valence-corrected chi connectivity index (χ0v) is 20.5. The average molecular weight is 448 g/mol. The molecule has 32 heavy (non-hydrogen) atoms. The smallest absolute Gasteiger partial charge is 0.272 e. The molecule has 1 rings (SSSR count). The van der Waals surface area contributed by atoms with Gasteiger partial charge >= 0.3 is 0 Å². The molecule has 2 N–H and O–H groups in total. The fourth-order valence-electron chi connectivity index (χ4n) is 2.91. The predicted molar refractivity (Wildman–Crippen MR) is 123 cm³/mol. The molecule has 9 nitrogen and oxygen atoms in total. The molecule has 9 heteroatoms. The number of hydrogen-bond acceptors (Lipinski definition) is 5. The van der Waals surface area contributed by atoms with Crippen LogP contribution in [-0.4, -0.2) is 75.7 Å². The van der Waals surface area contributed by atoms with E-state index in [1.807, 2.05) is 41.5 Å². The number of nitrogens with zero attached hydrogens (tertiary/aromatic N) is 3. The Morgan fingerprint density at radius 1 is 0.750 bits per heavy atom. The van der Waals surface area contributed by atoms with Gasteiger partial charge in [0, 0.05) is 24.2 Å². The van der Waals surface area contributed by atoms with Crippen LogP contribution in [0, 0.1) is 0 Å². The first-order valence-electron chi connectivity index (χ1n) is 10.8. The molecule has 0 saturated heterocycles. The molecular weight excluding hydrogens is 410 g/mol. The van der Waals surface area contributed by atoms with E-state index < -0.39 is 22.9 Å². The normalized spacial score (nSPS) is 11.5. The molecule has 0 bridgehead atoms. The molecule has 0 atom stereocenters. The Kier molecular flexibility index (Phi) is 9.35. The summed E-state index contributed by atoms with van der Waals surface area (Å²) in [6.07, 6.45) is 0. The lowest BCUT2D eigenvalue weighted by molar-refractivity contribution is -0.124. The highest BCUT2D eigenvalue weighted by Gasteiger charge is 2.24. The van der Waals surface area contributed by atoms with Gasteiger partial charge in [-0.3, -0.25) is 19.2 Å². The van der Waals surface area contributed by atoms with Gasteiger partial charge in [0.2, 0.25) is 11.8 Å². The Morgan fingerprint density at radius 2 is 1.09 bits per heavy atom. The van der Waals surface area contributed by atoms with Crippen molar-refractivity contribution >= 4 is 23.6 Å². The summed E-state index contributed by atoms with van der Waals surface area (Å²) in [6.45, 7) is 15.1. The molecule has 0 aliphatic heterocycles. The van der Waals surface area contributed by atoms with Crippen LogP contribution in [0.4, 0.5) is 0 Å². The average Bonchev–Trinajstić information content (AvgIpc) is 2.66. The van der Waals surface area contributed by atoms with E-state index in [4.69, 9.17) is 0 Å². The number of nitrogens with one attached hydrogen (secondary N) is 2. The van der Waals surface area contributed by atoms with Crippen LogP contribution in [0.2, 0.25) is 0 Å². The van der Waals surface area contributed by atoms with E-state index in [0.29, 0.717) is 13.1 Å². The Labute approximate surface area is 190 Å². The predicted octanol–water partition coefficient (Wildman–Crippen LogP) is 1.84. The number of carbonyl (C=O) groups excluding carboxylic acids is 4. The maximum Gasteiger partial charge on any atom is 0.272 e. The number of aromatic nitrogens is 1. The minimum atomic E-state index is -0.445. The molecule has 0 spiro atoms. The van der Waals surface area contributed by atoms with E-state index in [-0.39, 0.29) is 36.3 Å². The monoisotopic (exact) mass is 447 g/mol. The maximum absolute atomic E-state index is 12.9. The second kappa shape index (κ2) is 11.1.